The van der Waals surface area contributed by atoms with Crippen molar-refractivity contribution in [1.82, 2.24) is 9.91 Å². The molecule has 1 amide bonds. The molecule has 12 nitrogen and oxygen atoms in total. The van der Waals surface area contributed by atoms with Crippen molar-refractivity contribution in [2.45, 2.75) is 20.0 Å². The van der Waals surface area contributed by atoms with Crippen LogP contribution in [0.4, 0.5) is 10.7 Å². The predicted octanol–water partition coefficient (Wildman–Crippen LogP) is 1.19. The molecule has 2 aliphatic heterocycles. The molecule has 33 heavy (non-hydrogen) atoms. The smallest absolute Gasteiger partial charge is 0.430 e. The average Bonchev–Trinajstić information content (AvgIpc) is 3.39. The van der Waals surface area contributed by atoms with Crippen molar-refractivity contribution in [2.75, 3.05) is 57.9 Å². The molecule has 0 spiro atoms. The number of furan rings is 1. The number of ether oxygens (including phenoxy) is 4. The summed E-state index contributed by atoms with van der Waals surface area (Å²) in [5.74, 6) is -1.02. The number of hydrogen-bond donors (Lipinski definition) is 1. The summed E-state index contributed by atoms with van der Waals surface area (Å²) >= 11 is 0. The Kier molecular flexibility index (Phi) is 8.84. The third-order valence-electron chi connectivity index (χ3n) is 4.72. The highest BCUT2D eigenvalue weighted by atomic mass is 16.6. The van der Waals surface area contributed by atoms with E-state index in [0.717, 1.165) is 19.3 Å². The van der Waals surface area contributed by atoms with Crippen molar-refractivity contribution in [3.63, 3.8) is 0 Å². The lowest BCUT2D eigenvalue weighted by atomic mass is 10.3. The minimum atomic E-state index is -0.809. The molecule has 2 aliphatic rings. The predicted molar refractivity (Wildman–Crippen MR) is 116 cm³/mol. The van der Waals surface area contributed by atoms with Gasteiger partial charge in [-0.25, -0.2) is 14.4 Å². The monoisotopic (exact) mass is 464 g/mol. The number of nitrogens with zero attached hydrogens (tertiary/aromatic N) is 3. The van der Waals surface area contributed by atoms with Gasteiger partial charge in [0.05, 0.1) is 39.2 Å². The van der Waals surface area contributed by atoms with Crippen LogP contribution in [0.15, 0.2) is 33.4 Å². The van der Waals surface area contributed by atoms with E-state index in [0.29, 0.717) is 32.1 Å². The van der Waals surface area contributed by atoms with Crippen LogP contribution >= 0.6 is 0 Å². The van der Waals surface area contributed by atoms with E-state index in [1.54, 1.807) is 26.0 Å². The molecule has 1 unspecified atom stereocenters. The fourth-order valence-corrected chi connectivity index (χ4v) is 3.16. The van der Waals surface area contributed by atoms with Crippen LogP contribution in [0.3, 0.4) is 0 Å². The first-order valence-corrected chi connectivity index (χ1v) is 10.7. The van der Waals surface area contributed by atoms with Gasteiger partial charge in [-0.3, -0.25) is 4.90 Å². The number of carbonyl (C=O) groups is 3. The number of hydrogen-bond acceptors (Lipinski definition) is 11. The fourth-order valence-electron chi connectivity index (χ4n) is 3.16. The van der Waals surface area contributed by atoms with Gasteiger partial charge in [0.2, 0.25) is 0 Å². The fraction of sp³-hybridized carbons (Fsp3) is 0.524. The standard InChI is InChI=1S/C21H28N4O8/c1-3-30-19(26)17(20(27)31-4-2)12-22-18-6-5-15(32-18)11-23-25-14-16(33-21(25)28)13-24-7-9-29-10-8-24/h5-6,11-12,16,22H,3-4,7-10,13-14H2,1-2H3/b23-11+. The zero-order valence-corrected chi connectivity index (χ0v) is 18.7. The summed E-state index contributed by atoms with van der Waals surface area (Å²) < 4.78 is 26.0. The minimum Gasteiger partial charge on any atom is -0.462 e. The van der Waals surface area contributed by atoms with Crippen molar-refractivity contribution >= 4 is 30.1 Å². The Morgan fingerprint density at radius 3 is 2.55 bits per heavy atom. The highest BCUT2D eigenvalue weighted by Gasteiger charge is 2.32. The quantitative estimate of drug-likeness (QED) is 0.134. The number of anilines is 1. The van der Waals surface area contributed by atoms with Gasteiger partial charge in [0, 0.05) is 31.9 Å². The number of rotatable bonds is 10. The Balaban J connectivity index is 1.55. The maximum absolute atomic E-state index is 12.1. The Hall–Kier alpha value is -3.38. The molecule has 2 saturated heterocycles. The van der Waals surface area contributed by atoms with Crippen molar-refractivity contribution < 1.29 is 37.7 Å². The van der Waals surface area contributed by atoms with Crippen molar-refractivity contribution in [2.24, 2.45) is 5.10 Å². The maximum Gasteiger partial charge on any atom is 0.430 e. The molecule has 1 atom stereocenters. The number of carbonyl (C=O) groups excluding carboxylic acids is 3. The average molecular weight is 464 g/mol. The number of hydrazone groups is 1. The maximum atomic E-state index is 12.1. The third-order valence-corrected chi connectivity index (χ3v) is 4.72. The Morgan fingerprint density at radius 1 is 1.18 bits per heavy atom. The van der Waals surface area contributed by atoms with Crippen LogP contribution in [0.5, 0.6) is 0 Å². The van der Waals surface area contributed by atoms with Crippen LogP contribution in [0.2, 0.25) is 0 Å². The van der Waals surface area contributed by atoms with E-state index in [1.165, 1.54) is 11.2 Å². The zero-order valence-electron chi connectivity index (χ0n) is 18.7. The molecule has 3 rings (SSSR count). The van der Waals surface area contributed by atoms with Crippen LogP contribution in [0.1, 0.15) is 19.6 Å². The number of nitrogens with one attached hydrogen (secondary N) is 1. The molecule has 12 heteroatoms. The summed E-state index contributed by atoms with van der Waals surface area (Å²) in [6.45, 7) is 7.42. The van der Waals surface area contributed by atoms with Crippen molar-refractivity contribution in [3.05, 3.63) is 29.7 Å². The van der Waals surface area contributed by atoms with Gasteiger partial charge in [0.15, 0.2) is 11.5 Å². The summed E-state index contributed by atoms with van der Waals surface area (Å²) in [5, 5.41) is 8.09. The van der Waals surface area contributed by atoms with Gasteiger partial charge >= 0.3 is 18.0 Å². The van der Waals surface area contributed by atoms with Gasteiger partial charge in [-0.15, -0.1) is 0 Å². The first kappa shape index (κ1) is 24.3. The molecule has 0 saturated carbocycles. The Bertz CT molecular complexity index is 871. The Morgan fingerprint density at radius 2 is 1.88 bits per heavy atom. The molecule has 0 aliphatic carbocycles. The number of amides is 1. The summed E-state index contributed by atoms with van der Waals surface area (Å²) in [6.07, 6.45) is 1.75. The van der Waals surface area contributed by atoms with Gasteiger partial charge < -0.3 is 28.7 Å². The summed E-state index contributed by atoms with van der Waals surface area (Å²) in [5.41, 5.74) is -0.295. The van der Waals surface area contributed by atoms with E-state index in [2.05, 4.69) is 15.3 Å². The van der Waals surface area contributed by atoms with Crippen molar-refractivity contribution in [1.29, 1.82) is 0 Å². The molecule has 1 N–H and O–H groups in total. The topological polar surface area (TPSA) is 132 Å². The van der Waals surface area contributed by atoms with E-state index < -0.39 is 18.0 Å². The van der Waals surface area contributed by atoms with Crippen LogP contribution in [0, 0.1) is 0 Å². The molecule has 3 heterocycles. The lowest BCUT2D eigenvalue weighted by molar-refractivity contribution is -0.146. The first-order chi connectivity index (χ1) is 16.0. The largest absolute Gasteiger partial charge is 0.462 e. The molecule has 1 aromatic heterocycles. The Labute approximate surface area is 191 Å². The highest BCUT2D eigenvalue weighted by Crippen LogP contribution is 2.16. The number of morpholine rings is 1. The van der Waals surface area contributed by atoms with Crippen molar-refractivity contribution in [3.8, 4) is 0 Å². The molecule has 0 aromatic carbocycles. The van der Waals surface area contributed by atoms with Crippen LogP contribution in [0.25, 0.3) is 0 Å². The zero-order chi connectivity index (χ0) is 23.6. The first-order valence-electron chi connectivity index (χ1n) is 10.7. The molecular weight excluding hydrogens is 436 g/mol. The summed E-state index contributed by atoms with van der Waals surface area (Å²) in [6, 6.07) is 3.19. The third kappa shape index (κ3) is 7.05. The number of cyclic esters (lactones) is 1. The van der Waals surface area contributed by atoms with E-state index in [-0.39, 0.29) is 30.8 Å². The number of esters is 2. The van der Waals surface area contributed by atoms with Gasteiger partial charge in [-0.05, 0) is 19.9 Å². The lowest BCUT2D eigenvalue weighted by Gasteiger charge is -2.27. The molecule has 0 bridgehead atoms. The van der Waals surface area contributed by atoms with E-state index in [4.69, 9.17) is 23.4 Å². The van der Waals surface area contributed by atoms with E-state index in [1.807, 2.05) is 0 Å². The van der Waals surface area contributed by atoms with Gasteiger partial charge in [-0.2, -0.15) is 10.1 Å². The molecular formula is C21H28N4O8. The lowest BCUT2D eigenvalue weighted by Crippen LogP contribution is -2.41. The second-order valence-electron chi connectivity index (χ2n) is 7.09. The van der Waals surface area contributed by atoms with E-state index in [9.17, 15) is 14.4 Å². The van der Waals surface area contributed by atoms with Crippen LogP contribution in [-0.2, 0) is 28.5 Å². The second kappa shape index (κ2) is 12.0. The second-order valence-corrected chi connectivity index (χ2v) is 7.09. The molecule has 2 fully saturated rings. The molecule has 0 radical (unpaired) electrons. The normalized spacial score (nSPS) is 18.8. The molecule has 1 aromatic rings. The van der Waals surface area contributed by atoms with Gasteiger partial charge in [0.25, 0.3) is 0 Å². The highest BCUT2D eigenvalue weighted by molar-refractivity contribution is 6.14. The summed E-state index contributed by atoms with van der Waals surface area (Å²) in [4.78, 5) is 38.2. The molecule has 180 valence electrons. The van der Waals surface area contributed by atoms with Gasteiger partial charge in [0.1, 0.15) is 11.9 Å². The van der Waals surface area contributed by atoms with E-state index >= 15 is 0 Å². The summed E-state index contributed by atoms with van der Waals surface area (Å²) in [7, 11) is 0. The SMILES string of the molecule is CCOC(=O)C(=CNc1ccc(/C=N/N2CC(CN3CCOCC3)OC2=O)o1)C(=O)OCC. The van der Waals surface area contributed by atoms with Gasteiger partial charge in [-0.1, -0.05) is 0 Å². The van der Waals surface area contributed by atoms with Crippen LogP contribution < -0.4 is 5.32 Å². The minimum absolute atomic E-state index is 0.114. The van der Waals surface area contributed by atoms with Crippen LogP contribution in [-0.4, -0.2) is 92.9 Å².